The highest BCUT2D eigenvalue weighted by Gasteiger charge is 2.11. The van der Waals surface area contributed by atoms with Crippen LogP contribution in [0.2, 0.25) is 5.02 Å². The number of hydrogen-bond acceptors (Lipinski definition) is 1. The molecular weight excluding hydrogens is 353 g/mol. The van der Waals surface area contributed by atoms with Crippen LogP contribution in [0.4, 0.5) is 4.39 Å². The van der Waals surface area contributed by atoms with Crippen molar-refractivity contribution in [2.24, 2.45) is 5.92 Å². The Morgan fingerprint density at radius 2 is 1.76 bits per heavy atom. The van der Waals surface area contributed by atoms with Crippen LogP contribution in [0.15, 0.2) is 46.9 Å². The Labute approximate surface area is 138 Å². The minimum absolute atomic E-state index is 0.200. The summed E-state index contributed by atoms with van der Waals surface area (Å²) in [6, 6.07) is 13.0. The molecule has 0 saturated carbocycles. The lowest BCUT2D eigenvalue weighted by Crippen LogP contribution is -2.22. The molecule has 0 aromatic heterocycles. The number of nitrogens with one attached hydrogen (secondary N) is 1. The number of benzene rings is 2. The molecule has 0 aliphatic rings. The van der Waals surface area contributed by atoms with Crippen LogP contribution in [0.1, 0.15) is 11.1 Å². The molecule has 2 rings (SSSR count). The van der Waals surface area contributed by atoms with Crippen molar-refractivity contribution < 1.29 is 4.39 Å². The molecule has 0 spiro atoms. The van der Waals surface area contributed by atoms with Gasteiger partial charge < -0.3 is 5.32 Å². The van der Waals surface area contributed by atoms with Crippen LogP contribution in [0.3, 0.4) is 0 Å². The van der Waals surface area contributed by atoms with Crippen LogP contribution < -0.4 is 5.32 Å². The normalized spacial score (nSPS) is 12.4. The summed E-state index contributed by atoms with van der Waals surface area (Å²) in [4.78, 5) is 0. The first-order valence-corrected chi connectivity index (χ1v) is 8.08. The average molecular weight is 371 g/mol. The van der Waals surface area contributed by atoms with Gasteiger partial charge in [-0.05, 0) is 73.8 Å². The minimum atomic E-state index is -0.200. The molecule has 1 unspecified atom stereocenters. The van der Waals surface area contributed by atoms with E-state index in [4.69, 9.17) is 11.6 Å². The maximum atomic E-state index is 13.5. The van der Waals surface area contributed by atoms with Crippen LogP contribution >= 0.6 is 27.5 Å². The van der Waals surface area contributed by atoms with Gasteiger partial charge >= 0.3 is 0 Å². The van der Waals surface area contributed by atoms with Crippen molar-refractivity contribution in [1.29, 1.82) is 0 Å². The molecule has 2 aromatic carbocycles. The molecular formula is C17H18BrClFN. The summed E-state index contributed by atoms with van der Waals surface area (Å²) >= 11 is 9.26. The fourth-order valence-corrected chi connectivity index (χ4v) is 3.16. The van der Waals surface area contributed by atoms with E-state index < -0.39 is 0 Å². The van der Waals surface area contributed by atoms with E-state index in [1.165, 1.54) is 11.6 Å². The minimum Gasteiger partial charge on any atom is -0.319 e. The molecule has 112 valence electrons. The fraction of sp³-hybridized carbons (Fsp3) is 0.294. The second-order valence-electron chi connectivity index (χ2n) is 5.24. The second kappa shape index (κ2) is 7.92. The van der Waals surface area contributed by atoms with Gasteiger partial charge in [0, 0.05) is 9.50 Å². The Kier molecular flexibility index (Phi) is 6.22. The molecule has 0 saturated heterocycles. The van der Waals surface area contributed by atoms with E-state index in [0.29, 0.717) is 5.92 Å². The van der Waals surface area contributed by atoms with E-state index in [1.807, 2.05) is 37.4 Å². The molecule has 21 heavy (non-hydrogen) atoms. The van der Waals surface area contributed by atoms with Crippen LogP contribution in [-0.4, -0.2) is 13.6 Å². The molecule has 0 heterocycles. The zero-order valence-electron chi connectivity index (χ0n) is 11.9. The van der Waals surface area contributed by atoms with Crippen LogP contribution in [0, 0.1) is 11.7 Å². The first-order chi connectivity index (χ1) is 10.1. The quantitative estimate of drug-likeness (QED) is 0.765. The lowest BCUT2D eigenvalue weighted by molar-refractivity contribution is 0.491. The molecule has 1 N–H and O–H groups in total. The predicted molar refractivity (Wildman–Crippen MR) is 90.4 cm³/mol. The maximum absolute atomic E-state index is 13.5. The largest absolute Gasteiger partial charge is 0.319 e. The maximum Gasteiger partial charge on any atom is 0.124 e. The summed E-state index contributed by atoms with van der Waals surface area (Å²) < 4.78 is 14.3. The van der Waals surface area contributed by atoms with Gasteiger partial charge in [0.1, 0.15) is 5.82 Å². The first-order valence-electron chi connectivity index (χ1n) is 6.91. The Balaban J connectivity index is 2.09. The van der Waals surface area contributed by atoms with Crippen molar-refractivity contribution >= 4 is 27.5 Å². The summed E-state index contributed by atoms with van der Waals surface area (Å²) in [5, 5.41) is 3.97. The van der Waals surface area contributed by atoms with E-state index in [0.717, 1.165) is 34.4 Å². The number of hydrogen-bond donors (Lipinski definition) is 1. The Bertz CT molecular complexity index is 566. The first kappa shape index (κ1) is 16.5. The smallest absolute Gasteiger partial charge is 0.124 e. The van der Waals surface area contributed by atoms with Crippen LogP contribution in [0.25, 0.3) is 0 Å². The van der Waals surface area contributed by atoms with Gasteiger partial charge in [-0.1, -0.05) is 39.7 Å². The molecule has 1 nitrogen and oxygen atoms in total. The molecule has 0 fully saturated rings. The van der Waals surface area contributed by atoms with Gasteiger partial charge in [-0.2, -0.15) is 0 Å². The highest BCUT2D eigenvalue weighted by molar-refractivity contribution is 9.10. The van der Waals surface area contributed by atoms with Crippen molar-refractivity contribution in [3.05, 3.63) is 68.9 Å². The third kappa shape index (κ3) is 5.42. The van der Waals surface area contributed by atoms with Crippen molar-refractivity contribution in [3.63, 3.8) is 0 Å². The number of halogens is 3. The lowest BCUT2D eigenvalue weighted by atomic mass is 9.92. The summed E-state index contributed by atoms with van der Waals surface area (Å²) in [6.07, 6.45) is 1.77. The standard InChI is InChI=1S/C17H18BrClFN/c1-21-11-14(6-12-2-4-16(19)5-3-12)7-13-8-15(18)10-17(20)9-13/h2-5,8-10,14,21H,6-7,11H2,1H3. The van der Waals surface area contributed by atoms with Crippen molar-refractivity contribution in [2.45, 2.75) is 12.8 Å². The molecule has 1 atom stereocenters. The lowest BCUT2D eigenvalue weighted by Gasteiger charge is -2.17. The molecule has 0 radical (unpaired) electrons. The monoisotopic (exact) mass is 369 g/mol. The number of rotatable bonds is 6. The highest BCUT2D eigenvalue weighted by atomic mass is 79.9. The second-order valence-corrected chi connectivity index (χ2v) is 6.59. The van der Waals surface area contributed by atoms with Crippen molar-refractivity contribution in [1.82, 2.24) is 5.32 Å². The SMILES string of the molecule is CNCC(Cc1ccc(Cl)cc1)Cc1cc(F)cc(Br)c1. The van der Waals surface area contributed by atoms with E-state index in [1.54, 1.807) is 6.07 Å². The Hall–Kier alpha value is -0.900. The van der Waals surface area contributed by atoms with Gasteiger partial charge in [0.05, 0.1) is 0 Å². The van der Waals surface area contributed by atoms with Crippen LogP contribution in [-0.2, 0) is 12.8 Å². The molecule has 0 aliphatic carbocycles. The van der Waals surface area contributed by atoms with E-state index in [-0.39, 0.29) is 5.82 Å². The Morgan fingerprint density at radius 3 is 2.38 bits per heavy atom. The highest BCUT2D eigenvalue weighted by Crippen LogP contribution is 2.20. The summed E-state index contributed by atoms with van der Waals surface area (Å²) in [5.74, 6) is 0.207. The molecule has 4 heteroatoms. The van der Waals surface area contributed by atoms with Gasteiger partial charge in [0.25, 0.3) is 0 Å². The summed E-state index contributed by atoms with van der Waals surface area (Å²) in [7, 11) is 1.94. The van der Waals surface area contributed by atoms with Gasteiger partial charge in [-0.3, -0.25) is 0 Å². The molecule has 0 amide bonds. The third-order valence-corrected chi connectivity index (χ3v) is 4.09. The summed E-state index contributed by atoms with van der Waals surface area (Å²) in [5.41, 5.74) is 2.26. The van der Waals surface area contributed by atoms with E-state index >= 15 is 0 Å². The zero-order chi connectivity index (χ0) is 15.2. The topological polar surface area (TPSA) is 12.0 Å². The average Bonchev–Trinajstić information content (AvgIpc) is 2.40. The van der Waals surface area contributed by atoms with Gasteiger partial charge in [-0.25, -0.2) is 4.39 Å². The molecule has 2 aromatic rings. The fourth-order valence-electron chi connectivity index (χ4n) is 2.52. The van der Waals surface area contributed by atoms with E-state index in [2.05, 4.69) is 21.2 Å². The zero-order valence-corrected chi connectivity index (χ0v) is 14.2. The van der Waals surface area contributed by atoms with Gasteiger partial charge in [0.15, 0.2) is 0 Å². The Morgan fingerprint density at radius 1 is 1.10 bits per heavy atom. The van der Waals surface area contributed by atoms with Gasteiger partial charge in [0.2, 0.25) is 0 Å². The third-order valence-electron chi connectivity index (χ3n) is 3.38. The van der Waals surface area contributed by atoms with E-state index in [9.17, 15) is 4.39 Å². The molecule has 0 aliphatic heterocycles. The van der Waals surface area contributed by atoms with Crippen molar-refractivity contribution in [3.8, 4) is 0 Å². The molecule has 0 bridgehead atoms. The van der Waals surface area contributed by atoms with Crippen LogP contribution in [0.5, 0.6) is 0 Å². The van der Waals surface area contributed by atoms with Crippen molar-refractivity contribution in [2.75, 3.05) is 13.6 Å². The van der Waals surface area contributed by atoms with Gasteiger partial charge in [-0.15, -0.1) is 0 Å². The predicted octanol–water partition coefficient (Wildman–Crippen LogP) is 4.86. The summed E-state index contributed by atoms with van der Waals surface area (Å²) in [6.45, 7) is 0.886.